The summed E-state index contributed by atoms with van der Waals surface area (Å²) in [5.74, 6) is -3.26. The second-order valence-corrected chi connectivity index (χ2v) is 15.0. The average Bonchev–Trinajstić information content (AvgIpc) is 3.26. The number of hydrogen-bond donors (Lipinski definition) is 0. The van der Waals surface area contributed by atoms with E-state index in [9.17, 15) is 28.0 Å². The molecular formula is C50H64F2O10. The van der Waals surface area contributed by atoms with E-state index in [0.717, 1.165) is 102 Å². The number of esters is 4. The number of carbonyl (C=O) groups excluding carboxylic acids is 4. The Balaban J connectivity index is 1.24. The molecule has 0 aliphatic heterocycles. The number of ether oxygens (including phenoxy) is 6. The third kappa shape index (κ3) is 21.8. The molecule has 0 aliphatic carbocycles. The molecular weight excluding hydrogens is 799 g/mol. The monoisotopic (exact) mass is 862 g/mol. The minimum Gasteiger partial charge on any atom is -0.493 e. The quantitative estimate of drug-likeness (QED) is 0.0248. The number of halogens is 2. The van der Waals surface area contributed by atoms with Crippen LogP contribution in [0.2, 0.25) is 0 Å². The van der Waals surface area contributed by atoms with E-state index in [1.807, 2.05) is 0 Å². The van der Waals surface area contributed by atoms with E-state index in [0.29, 0.717) is 37.9 Å². The van der Waals surface area contributed by atoms with Gasteiger partial charge in [-0.15, -0.1) is 0 Å². The first-order chi connectivity index (χ1) is 30.2. The van der Waals surface area contributed by atoms with Crippen LogP contribution in [0, 0.1) is 11.6 Å². The zero-order valence-corrected chi connectivity index (χ0v) is 36.2. The molecule has 0 spiro atoms. The molecule has 338 valence electrons. The van der Waals surface area contributed by atoms with Crippen LogP contribution in [-0.4, -0.2) is 50.3 Å². The minimum atomic E-state index is -0.904. The molecule has 0 unspecified atom stereocenters. The molecule has 0 aromatic heterocycles. The van der Waals surface area contributed by atoms with Gasteiger partial charge < -0.3 is 28.4 Å². The van der Waals surface area contributed by atoms with Crippen LogP contribution in [0.15, 0.2) is 86.0 Å². The third-order valence-electron chi connectivity index (χ3n) is 10.0. The Morgan fingerprint density at radius 2 is 0.677 bits per heavy atom. The van der Waals surface area contributed by atoms with Gasteiger partial charge in [0.05, 0.1) is 37.6 Å². The highest BCUT2D eigenvalue weighted by Gasteiger charge is 2.18. The van der Waals surface area contributed by atoms with Crippen molar-refractivity contribution >= 4 is 23.9 Å². The first kappa shape index (κ1) is 50.8. The lowest BCUT2D eigenvalue weighted by molar-refractivity contribution is -0.138. The zero-order chi connectivity index (χ0) is 44.6. The molecule has 0 heterocycles. The van der Waals surface area contributed by atoms with Crippen LogP contribution in [0.4, 0.5) is 8.78 Å². The summed E-state index contributed by atoms with van der Waals surface area (Å²) in [6.45, 7) is 8.53. The summed E-state index contributed by atoms with van der Waals surface area (Å²) in [6.07, 6.45) is 23.7. The molecule has 0 radical (unpaired) electrons. The van der Waals surface area contributed by atoms with Gasteiger partial charge in [0.25, 0.3) is 0 Å². The molecule has 10 nitrogen and oxygen atoms in total. The predicted molar refractivity (Wildman–Crippen MR) is 235 cm³/mol. The first-order valence-electron chi connectivity index (χ1n) is 22.2. The SMILES string of the molecule is C=CC(=O)OCCCCCCCCCCCCOc1ccc(C(=O)Oc2ccc(OC(=O)c3ccc(OCCCCCCCCCCCCOC(=O)C=C)cc3F)cc2)c(F)c1. The van der Waals surface area contributed by atoms with Crippen molar-refractivity contribution in [2.75, 3.05) is 26.4 Å². The largest absolute Gasteiger partial charge is 0.493 e. The van der Waals surface area contributed by atoms with Crippen LogP contribution in [0.25, 0.3) is 0 Å². The van der Waals surface area contributed by atoms with Crippen LogP contribution in [-0.2, 0) is 19.1 Å². The van der Waals surface area contributed by atoms with E-state index in [1.54, 1.807) is 0 Å². The molecule has 12 heteroatoms. The number of benzene rings is 3. The van der Waals surface area contributed by atoms with Crippen LogP contribution >= 0.6 is 0 Å². The maximum atomic E-state index is 14.8. The zero-order valence-electron chi connectivity index (χ0n) is 36.2. The van der Waals surface area contributed by atoms with Gasteiger partial charge in [-0.3, -0.25) is 0 Å². The van der Waals surface area contributed by atoms with Gasteiger partial charge in [-0.05, 0) is 74.2 Å². The molecule has 3 rings (SSSR count). The number of rotatable bonds is 34. The van der Waals surface area contributed by atoms with Gasteiger partial charge in [-0.2, -0.15) is 0 Å². The molecule has 0 amide bonds. The van der Waals surface area contributed by atoms with Gasteiger partial charge in [0.2, 0.25) is 0 Å². The average molecular weight is 863 g/mol. The maximum Gasteiger partial charge on any atom is 0.346 e. The van der Waals surface area contributed by atoms with Crippen LogP contribution in [0.3, 0.4) is 0 Å². The molecule has 0 fully saturated rings. The minimum absolute atomic E-state index is 0.0971. The lowest BCUT2D eigenvalue weighted by Gasteiger charge is -2.10. The number of hydrogen-bond acceptors (Lipinski definition) is 10. The Hall–Kier alpha value is -5.52. The van der Waals surface area contributed by atoms with Gasteiger partial charge in [0.15, 0.2) is 0 Å². The van der Waals surface area contributed by atoms with Gasteiger partial charge in [0, 0.05) is 24.3 Å². The smallest absolute Gasteiger partial charge is 0.346 e. The molecule has 0 N–H and O–H groups in total. The summed E-state index contributed by atoms with van der Waals surface area (Å²) >= 11 is 0. The normalized spacial score (nSPS) is 10.7. The Morgan fingerprint density at radius 3 is 0.968 bits per heavy atom. The number of unbranched alkanes of at least 4 members (excludes halogenated alkanes) is 18. The summed E-state index contributed by atoms with van der Waals surface area (Å²) in [5.41, 5.74) is -0.519. The van der Waals surface area contributed by atoms with E-state index >= 15 is 0 Å². The van der Waals surface area contributed by atoms with Crippen LogP contribution in [0.1, 0.15) is 149 Å². The second kappa shape index (κ2) is 31.3. The second-order valence-electron chi connectivity index (χ2n) is 15.0. The predicted octanol–water partition coefficient (Wildman–Crippen LogP) is 12.4. The fraction of sp³-hybridized carbons (Fsp3) is 0.480. The van der Waals surface area contributed by atoms with E-state index < -0.39 is 23.6 Å². The highest BCUT2D eigenvalue weighted by atomic mass is 19.1. The standard InChI is InChI=1S/C50H64F2O10/c1-3-47(53)59-35-23-19-15-11-7-5-9-13-17-21-33-57-41-29-31-43(45(51)37-41)49(55)61-39-25-27-40(28-26-39)62-50(56)44-32-30-42(38-46(44)52)58-34-22-18-14-10-6-8-12-16-20-24-36-60-48(54)4-2/h3-4,25-32,37-38H,1-2,5-24,33-36H2. The van der Waals surface area contributed by atoms with Crippen molar-refractivity contribution in [1.82, 2.24) is 0 Å². The number of carbonyl (C=O) groups is 4. The highest BCUT2D eigenvalue weighted by molar-refractivity contribution is 5.92. The lowest BCUT2D eigenvalue weighted by Crippen LogP contribution is -2.12. The molecule has 3 aromatic rings. The van der Waals surface area contributed by atoms with E-state index in [1.165, 1.54) is 99.2 Å². The molecule has 0 bridgehead atoms. The van der Waals surface area contributed by atoms with Gasteiger partial charge in [-0.25, -0.2) is 28.0 Å². The van der Waals surface area contributed by atoms with Crippen molar-refractivity contribution in [3.05, 3.63) is 109 Å². The summed E-state index contributed by atoms with van der Waals surface area (Å²) in [4.78, 5) is 47.4. The van der Waals surface area contributed by atoms with Crippen molar-refractivity contribution in [2.45, 2.75) is 128 Å². The Morgan fingerprint density at radius 1 is 0.403 bits per heavy atom. The Labute approximate surface area is 366 Å². The Bertz CT molecular complexity index is 1680. The molecule has 3 aromatic carbocycles. The molecule has 0 saturated carbocycles. The third-order valence-corrected chi connectivity index (χ3v) is 10.0. The summed E-state index contributed by atoms with van der Waals surface area (Å²) in [7, 11) is 0. The maximum absolute atomic E-state index is 14.8. The van der Waals surface area contributed by atoms with E-state index in [-0.39, 0.29) is 34.6 Å². The van der Waals surface area contributed by atoms with Crippen molar-refractivity contribution < 1.29 is 56.4 Å². The molecule has 62 heavy (non-hydrogen) atoms. The molecule has 0 atom stereocenters. The first-order valence-corrected chi connectivity index (χ1v) is 22.2. The van der Waals surface area contributed by atoms with Crippen molar-refractivity contribution in [3.8, 4) is 23.0 Å². The molecule has 0 aliphatic rings. The summed E-state index contributed by atoms with van der Waals surface area (Å²) < 4.78 is 61.6. The van der Waals surface area contributed by atoms with E-state index in [4.69, 9.17) is 28.4 Å². The van der Waals surface area contributed by atoms with Crippen molar-refractivity contribution in [1.29, 1.82) is 0 Å². The van der Waals surface area contributed by atoms with Gasteiger partial charge in [0.1, 0.15) is 34.6 Å². The van der Waals surface area contributed by atoms with Gasteiger partial charge >= 0.3 is 23.9 Å². The molecule has 0 saturated heterocycles. The van der Waals surface area contributed by atoms with Crippen LogP contribution in [0.5, 0.6) is 23.0 Å². The Kier molecular flexibility index (Phi) is 25.7. The topological polar surface area (TPSA) is 124 Å². The lowest BCUT2D eigenvalue weighted by atomic mass is 10.1. The van der Waals surface area contributed by atoms with Crippen molar-refractivity contribution in [3.63, 3.8) is 0 Å². The summed E-state index contributed by atoms with van der Waals surface area (Å²) in [5, 5.41) is 0. The highest BCUT2D eigenvalue weighted by Crippen LogP contribution is 2.24. The van der Waals surface area contributed by atoms with Crippen LogP contribution < -0.4 is 18.9 Å². The van der Waals surface area contributed by atoms with Gasteiger partial charge in [-0.1, -0.05) is 116 Å². The fourth-order valence-corrected chi connectivity index (χ4v) is 6.48. The fourth-order valence-electron chi connectivity index (χ4n) is 6.48. The summed E-state index contributed by atoms with van der Waals surface area (Å²) in [6, 6.07) is 13.5. The van der Waals surface area contributed by atoms with E-state index in [2.05, 4.69) is 13.2 Å². The van der Waals surface area contributed by atoms with Crippen molar-refractivity contribution in [2.24, 2.45) is 0 Å².